The minimum absolute atomic E-state index is 0.315. The fourth-order valence-electron chi connectivity index (χ4n) is 1.69. The second-order valence-electron chi connectivity index (χ2n) is 4.13. The Labute approximate surface area is 122 Å². The molecule has 0 aliphatic rings. The summed E-state index contributed by atoms with van der Waals surface area (Å²) in [5, 5.41) is 0. The van der Waals surface area contributed by atoms with Crippen molar-refractivity contribution < 1.29 is 9.53 Å². The number of hydrogen-bond acceptors (Lipinski definition) is 4. The Hall–Kier alpha value is -2.14. The van der Waals surface area contributed by atoms with Crippen molar-refractivity contribution in [3.63, 3.8) is 0 Å². The van der Waals surface area contributed by atoms with Crippen LogP contribution in [-0.4, -0.2) is 18.3 Å². The Morgan fingerprint density at radius 1 is 1.15 bits per heavy atom. The summed E-state index contributed by atoms with van der Waals surface area (Å²) in [5.74, 6) is 0.718. The SMILES string of the molecule is NC(=O)c1cc(N)ccc1OCCSc1ccccc1. The van der Waals surface area contributed by atoms with Crippen molar-refractivity contribution in [2.75, 3.05) is 18.1 Å². The van der Waals surface area contributed by atoms with Crippen molar-refractivity contribution >= 4 is 23.4 Å². The average molecular weight is 288 g/mol. The topological polar surface area (TPSA) is 78.3 Å². The first kappa shape index (κ1) is 14.3. The Balaban J connectivity index is 1.90. The van der Waals surface area contributed by atoms with E-state index in [9.17, 15) is 4.79 Å². The largest absolute Gasteiger partial charge is 0.492 e. The maximum absolute atomic E-state index is 11.3. The Bertz CT molecular complexity index is 588. The lowest BCUT2D eigenvalue weighted by Gasteiger charge is -2.10. The van der Waals surface area contributed by atoms with Crippen molar-refractivity contribution in [2.24, 2.45) is 5.73 Å². The van der Waals surface area contributed by atoms with E-state index in [2.05, 4.69) is 0 Å². The van der Waals surface area contributed by atoms with Crippen LogP contribution in [0.3, 0.4) is 0 Å². The minimum atomic E-state index is -0.539. The van der Waals surface area contributed by atoms with Crippen LogP contribution in [0.2, 0.25) is 0 Å². The van der Waals surface area contributed by atoms with Crippen LogP contribution < -0.4 is 16.2 Å². The number of nitrogen functional groups attached to an aromatic ring is 1. The van der Waals surface area contributed by atoms with Gasteiger partial charge in [0.15, 0.2) is 0 Å². The maximum atomic E-state index is 11.3. The number of thioether (sulfide) groups is 1. The lowest BCUT2D eigenvalue weighted by Crippen LogP contribution is -2.14. The summed E-state index contributed by atoms with van der Waals surface area (Å²) >= 11 is 1.69. The van der Waals surface area contributed by atoms with E-state index >= 15 is 0 Å². The molecule has 0 spiro atoms. The van der Waals surface area contributed by atoms with Gasteiger partial charge < -0.3 is 16.2 Å². The number of anilines is 1. The van der Waals surface area contributed by atoms with Gasteiger partial charge in [0.05, 0.1) is 12.2 Å². The van der Waals surface area contributed by atoms with Crippen LogP contribution in [0.25, 0.3) is 0 Å². The normalized spacial score (nSPS) is 10.2. The number of ether oxygens (including phenoxy) is 1. The number of amides is 1. The van der Waals surface area contributed by atoms with Crippen molar-refractivity contribution in [3.8, 4) is 5.75 Å². The van der Waals surface area contributed by atoms with E-state index in [0.29, 0.717) is 23.6 Å². The number of carbonyl (C=O) groups is 1. The van der Waals surface area contributed by atoms with Gasteiger partial charge in [-0.2, -0.15) is 0 Å². The van der Waals surface area contributed by atoms with Gasteiger partial charge in [-0.15, -0.1) is 11.8 Å². The van der Waals surface area contributed by atoms with Gasteiger partial charge >= 0.3 is 0 Å². The van der Waals surface area contributed by atoms with E-state index < -0.39 is 5.91 Å². The van der Waals surface area contributed by atoms with Gasteiger partial charge in [0.25, 0.3) is 5.91 Å². The molecule has 2 rings (SSSR count). The third kappa shape index (κ3) is 3.93. The summed E-state index contributed by atoms with van der Waals surface area (Å²) in [4.78, 5) is 12.5. The minimum Gasteiger partial charge on any atom is -0.492 e. The summed E-state index contributed by atoms with van der Waals surface area (Å²) in [6.45, 7) is 0.490. The molecule has 2 aromatic carbocycles. The van der Waals surface area contributed by atoms with E-state index in [0.717, 1.165) is 5.75 Å². The number of rotatable bonds is 6. The van der Waals surface area contributed by atoms with E-state index in [1.54, 1.807) is 23.9 Å². The second kappa shape index (κ2) is 6.86. The lowest BCUT2D eigenvalue weighted by atomic mass is 10.1. The first-order valence-corrected chi connectivity index (χ1v) is 7.15. The molecule has 2 aromatic rings. The Morgan fingerprint density at radius 3 is 2.60 bits per heavy atom. The van der Waals surface area contributed by atoms with Crippen molar-refractivity contribution in [1.82, 2.24) is 0 Å². The molecule has 1 amide bonds. The molecule has 0 saturated heterocycles. The number of primary amides is 1. The monoisotopic (exact) mass is 288 g/mol. The van der Waals surface area contributed by atoms with E-state index in [4.69, 9.17) is 16.2 Å². The Kier molecular flexibility index (Phi) is 4.90. The van der Waals surface area contributed by atoms with Crippen LogP contribution in [0.5, 0.6) is 5.75 Å². The van der Waals surface area contributed by atoms with Gasteiger partial charge in [-0.25, -0.2) is 0 Å². The third-order valence-electron chi connectivity index (χ3n) is 2.62. The Morgan fingerprint density at radius 2 is 1.90 bits per heavy atom. The summed E-state index contributed by atoms with van der Waals surface area (Å²) in [5.41, 5.74) is 11.7. The van der Waals surface area contributed by atoms with Crippen LogP contribution in [0.15, 0.2) is 53.4 Å². The molecular weight excluding hydrogens is 272 g/mol. The molecule has 0 radical (unpaired) electrons. The van der Waals surface area contributed by atoms with Gasteiger partial charge in [0.2, 0.25) is 0 Å². The maximum Gasteiger partial charge on any atom is 0.252 e. The highest BCUT2D eigenvalue weighted by atomic mass is 32.2. The molecule has 4 N–H and O–H groups in total. The number of nitrogens with two attached hydrogens (primary N) is 2. The molecule has 0 fully saturated rings. The molecule has 0 unspecified atom stereocenters. The zero-order chi connectivity index (χ0) is 14.4. The highest BCUT2D eigenvalue weighted by molar-refractivity contribution is 7.99. The van der Waals surface area contributed by atoms with Crippen molar-refractivity contribution in [1.29, 1.82) is 0 Å². The van der Waals surface area contributed by atoms with Crippen LogP contribution in [0.4, 0.5) is 5.69 Å². The van der Waals surface area contributed by atoms with Gasteiger partial charge in [-0.1, -0.05) is 18.2 Å². The molecule has 0 saturated carbocycles. The van der Waals surface area contributed by atoms with Crippen LogP contribution in [0, 0.1) is 0 Å². The zero-order valence-corrected chi connectivity index (χ0v) is 11.7. The summed E-state index contributed by atoms with van der Waals surface area (Å²) < 4.78 is 5.60. The van der Waals surface area contributed by atoms with E-state index in [1.165, 1.54) is 11.0 Å². The predicted molar refractivity (Wildman–Crippen MR) is 82.0 cm³/mol. The molecule has 0 aliphatic carbocycles. The first-order chi connectivity index (χ1) is 9.66. The molecule has 0 aromatic heterocycles. The number of hydrogen-bond donors (Lipinski definition) is 2. The summed E-state index contributed by atoms with van der Waals surface area (Å²) in [6, 6.07) is 14.9. The third-order valence-corrected chi connectivity index (χ3v) is 3.60. The highest BCUT2D eigenvalue weighted by Crippen LogP contribution is 2.22. The number of benzene rings is 2. The first-order valence-electron chi connectivity index (χ1n) is 6.17. The molecule has 104 valence electrons. The molecular formula is C15H16N2O2S. The predicted octanol–water partition coefficient (Wildman–Crippen LogP) is 2.54. The van der Waals surface area contributed by atoms with Gasteiger partial charge in [-0.05, 0) is 30.3 Å². The molecule has 5 heteroatoms. The summed E-state index contributed by atoms with van der Waals surface area (Å²) in [6.07, 6.45) is 0. The molecule has 4 nitrogen and oxygen atoms in total. The molecule has 0 heterocycles. The number of carbonyl (C=O) groups excluding carboxylic acids is 1. The average Bonchev–Trinajstić information content (AvgIpc) is 2.45. The summed E-state index contributed by atoms with van der Waals surface area (Å²) in [7, 11) is 0. The molecule has 0 aliphatic heterocycles. The molecule has 0 bridgehead atoms. The van der Waals surface area contributed by atoms with Crippen LogP contribution >= 0.6 is 11.8 Å². The van der Waals surface area contributed by atoms with Crippen molar-refractivity contribution in [3.05, 3.63) is 54.1 Å². The van der Waals surface area contributed by atoms with E-state index in [-0.39, 0.29) is 0 Å². The van der Waals surface area contributed by atoms with Crippen LogP contribution in [-0.2, 0) is 0 Å². The quantitative estimate of drug-likeness (QED) is 0.486. The second-order valence-corrected chi connectivity index (χ2v) is 5.30. The van der Waals surface area contributed by atoms with Crippen molar-refractivity contribution in [2.45, 2.75) is 4.90 Å². The smallest absolute Gasteiger partial charge is 0.252 e. The highest BCUT2D eigenvalue weighted by Gasteiger charge is 2.09. The van der Waals surface area contributed by atoms with E-state index in [1.807, 2.05) is 30.3 Å². The fraction of sp³-hybridized carbons (Fsp3) is 0.133. The van der Waals surface area contributed by atoms with Gasteiger partial charge in [0.1, 0.15) is 5.75 Å². The standard InChI is InChI=1S/C15H16N2O2S/c16-11-6-7-14(13(10-11)15(17)18)19-8-9-20-12-4-2-1-3-5-12/h1-7,10H,8-9,16H2,(H2,17,18). The van der Waals surface area contributed by atoms with Gasteiger partial charge in [0, 0.05) is 16.3 Å². The molecule has 0 atom stereocenters. The zero-order valence-electron chi connectivity index (χ0n) is 10.9. The fourth-order valence-corrected chi connectivity index (χ4v) is 2.45. The van der Waals surface area contributed by atoms with Gasteiger partial charge in [-0.3, -0.25) is 4.79 Å². The molecule has 20 heavy (non-hydrogen) atoms. The van der Waals surface area contributed by atoms with Crippen LogP contribution in [0.1, 0.15) is 10.4 Å². The lowest BCUT2D eigenvalue weighted by molar-refractivity contribution is 0.0996.